The molecule has 0 saturated heterocycles. The van der Waals surface area contributed by atoms with Crippen molar-refractivity contribution in [2.75, 3.05) is 0 Å². The Labute approximate surface area is 100 Å². The number of hydrogen-bond donors (Lipinski definition) is 3. The van der Waals surface area contributed by atoms with Crippen molar-refractivity contribution in [2.45, 2.75) is 12.1 Å². The number of phenolic OH excluding ortho intramolecular Hbond substituents is 1. The minimum Gasteiger partial charge on any atom is -0.508 e. The molecule has 3 nitrogen and oxygen atoms in total. The lowest BCUT2D eigenvalue weighted by molar-refractivity contribution is 0.147. The van der Waals surface area contributed by atoms with Crippen LogP contribution in [0.1, 0.15) is 23.3 Å². The molecule has 2 aromatic rings. The fraction of sp³-hybridized carbons (Fsp3) is 0.143. The van der Waals surface area contributed by atoms with Gasteiger partial charge in [0, 0.05) is 0 Å². The Morgan fingerprint density at radius 3 is 2.00 bits per heavy atom. The Bertz CT molecular complexity index is 467. The second kappa shape index (κ2) is 4.99. The van der Waals surface area contributed by atoms with Gasteiger partial charge in [-0.25, -0.2) is 0 Å². The number of aliphatic hydroxyl groups excluding tert-OH is 1. The zero-order chi connectivity index (χ0) is 12.3. The molecule has 4 N–H and O–H groups in total. The van der Waals surface area contributed by atoms with Crippen LogP contribution in [0.2, 0.25) is 0 Å². The Balaban J connectivity index is 2.20. The maximum atomic E-state index is 10.1. The Kier molecular flexibility index (Phi) is 3.42. The quantitative estimate of drug-likeness (QED) is 0.755. The molecule has 2 rings (SSSR count). The lowest BCUT2D eigenvalue weighted by Gasteiger charge is -2.19. The molecule has 88 valence electrons. The molecule has 0 saturated carbocycles. The summed E-state index contributed by atoms with van der Waals surface area (Å²) >= 11 is 0. The first-order chi connectivity index (χ1) is 8.18. The standard InChI is InChI=1S/C14H15NO2/c15-13(10-6-8-12(16)9-7-10)14(17)11-4-2-1-3-5-11/h1-9,13-14,16-17H,15H2. The number of aliphatic hydroxyl groups is 1. The van der Waals surface area contributed by atoms with Gasteiger partial charge in [-0.15, -0.1) is 0 Å². The van der Waals surface area contributed by atoms with Gasteiger partial charge < -0.3 is 15.9 Å². The van der Waals surface area contributed by atoms with Crippen molar-refractivity contribution in [2.24, 2.45) is 5.73 Å². The molecule has 0 fully saturated rings. The van der Waals surface area contributed by atoms with Crippen molar-refractivity contribution in [1.82, 2.24) is 0 Å². The van der Waals surface area contributed by atoms with Crippen LogP contribution in [0.4, 0.5) is 0 Å². The van der Waals surface area contributed by atoms with Crippen molar-refractivity contribution >= 4 is 0 Å². The SMILES string of the molecule is NC(c1ccc(O)cc1)C(O)c1ccccc1. The molecule has 3 heteroatoms. The molecular weight excluding hydrogens is 214 g/mol. The minimum absolute atomic E-state index is 0.190. The van der Waals surface area contributed by atoms with E-state index in [9.17, 15) is 10.2 Å². The zero-order valence-corrected chi connectivity index (χ0v) is 9.32. The van der Waals surface area contributed by atoms with Gasteiger partial charge in [-0.1, -0.05) is 42.5 Å². The van der Waals surface area contributed by atoms with Gasteiger partial charge in [-0.2, -0.15) is 0 Å². The van der Waals surface area contributed by atoms with Gasteiger partial charge in [-0.3, -0.25) is 0 Å². The molecule has 0 aliphatic heterocycles. The molecule has 17 heavy (non-hydrogen) atoms. The molecule has 0 aliphatic rings. The first-order valence-electron chi connectivity index (χ1n) is 5.46. The molecule has 0 aliphatic carbocycles. The summed E-state index contributed by atoms with van der Waals surface area (Å²) in [7, 11) is 0. The van der Waals surface area contributed by atoms with Crippen LogP contribution in [0.3, 0.4) is 0 Å². The van der Waals surface area contributed by atoms with Crippen molar-refractivity contribution in [3.63, 3.8) is 0 Å². The van der Waals surface area contributed by atoms with Gasteiger partial charge in [0.1, 0.15) is 5.75 Å². The number of benzene rings is 2. The topological polar surface area (TPSA) is 66.5 Å². The smallest absolute Gasteiger partial charge is 0.115 e. The highest BCUT2D eigenvalue weighted by atomic mass is 16.3. The summed E-state index contributed by atoms with van der Waals surface area (Å²) in [5.41, 5.74) is 7.57. The number of phenols is 1. The lowest BCUT2D eigenvalue weighted by Crippen LogP contribution is -2.19. The van der Waals surface area contributed by atoms with E-state index in [4.69, 9.17) is 5.73 Å². The zero-order valence-electron chi connectivity index (χ0n) is 9.32. The Hall–Kier alpha value is -1.84. The predicted molar refractivity (Wildman–Crippen MR) is 66.4 cm³/mol. The lowest BCUT2D eigenvalue weighted by atomic mass is 9.97. The van der Waals surface area contributed by atoms with Gasteiger partial charge in [0.15, 0.2) is 0 Å². The van der Waals surface area contributed by atoms with Crippen molar-refractivity contribution < 1.29 is 10.2 Å². The molecule has 0 radical (unpaired) electrons. The number of rotatable bonds is 3. The molecule has 0 spiro atoms. The maximum absolute atomic E-state index is 10.1. The van der Waals surface area contributed by atoms with Crippen LogP contribution in [-0.4, -0.2) is 10.2 Å². The monoisotopic (exact) mass is 229 g/mol. The average molecular weight is 229 g/mol. The highest BCUT2D eigenvalue weighted by molar-refractivity contribution is 5.30. The van der Waals surface area contributed by atoms with Crippen LogP contribution in [0, 0.1) is 0 Å². The normalized spacial score (nSPS) is 14.2. The summed E-state index contributed by atoms with van der Waals surface area (Å²) in [6.45, 7) is 0. The van der Waals surface area contributed by atoms with E-state index < -0.39 is 12.1 Å². The third-order valence-electron chi connectivity index (χ3n) is 2.76. The molecule has 0 aromatic heterocycles. The van der Waals surface area contributed by atoms with Crippen molar-refractivity contribution in [1.29, 1.82) is 0 Å². The van der Waals surface area contributed by atoms with Gasteiger partial charge in [0.2, 0.25) is 0 Å². The highest BCUT2D eigenvalue weighted by Gasteiger charge is 2.18. The summed E-state index contributed by atoms with van der Waals surface area (Å²) in [5.74, 6) is 0.190. The van der Waals surface area contributed by atoms with Crippen molar-refractivity contribution in [3.8, 4) is 5.75 Å². The fourth-order valence-corrected chi connectivity index (χ4v) is 1.74. The van der Waals surface area contributed by atoms with Gasteiger partial charge in [0.05, 0.1) is 12.1 Å². The van der Waals surface area contributed by atoms with Gasteiger partial charge >= 0.3 is 0 Å². The highest BCUT2D eigenvalue weighted by Crippen LogP contribution is 2.27. The summed E-state index contributed by atoms with van der Waals surface area (Å²) in [6, 6.07) is 15.3. The Morgan fingerprint density at radius 2 is 1.41 bits per heavy atom. The van der Waals surface area contributed by atoms with Crippen LogP contribution < -0.4 is 5.73 Å². The summed E-state index contributed by atoms with van der Waals surface area (Å²) in [4.78, 5) is 0. The second-order valence-electron chi connectivity index (χ2n) is 3.97. The van der Waals surface area contributed by atoms with E-state index in [2.05, 4.69) is 0 Å². The molecule has 0 bridgehead atoms. The van der Waals surface area contributed by atoms with E-state index in [1.165, 1.54) is 0 Å². The van der Waals surface area contributed by atoms with Crippen molar-refractivity contribution in [3.05, 3.63) is 65.7 Å². The fourth-order valence-electron chi connectivity index (χ4n) is 1.74. The van der Waals surface area contributed by atoms with E-state index >= 15 is 0 Å². The number of aromatic hydroxyl groups is 1. The molecule has 2 unspecified atom stereocenters. The molecule has 2 aromatic carbocycles. The van der Waals surface area contributed by atoms with Gasteiger partial charge in [-0.05, 0) is 23.3 Å². The summed E-state index contributed by atoms with van der Waals surface area (Å²) in [5, 5.41) is 19.3. The summed E-state index contributed by atoms with van der Waals surface area (Å²) < 4.78 is 0. The molecule has 0 heterocycles. The minimum atomic E-state index is -0.749. The molecule has 2 atom stereocenters. The molecule has 0 amide bonds. The van der Waals surface area contributed by atoms with Crippen LogP contribution in [0.15, 0.2) is 54.6 Å². The largest absolute Gasteiger partial charge is 0.508 e. The third kappa shape index (κ3) is 2.64. The Morgan fingerprint density at radius 1 is 0.824 bits per heavy atom. The second-order valence-corrected chi connectivity index (χ2v) is 3.97. The van der Waals surface area contributed by atoms with Gasteiger partial charge in [0.25, 0.3) is 0 Å². The van der Waals surface area contributed by atoms with Crippen LogP contribution in [-0.2, 0) is 0 Å². The van der Waals surface area contributed by atoms with E-state index in [1.807, 2.05) is 30.3 Å². The summed E-state index contributed by atoms with van der Waals surface area (Å²) in [6.07, 6.45) is -0.749. The number of hydrogen-bond acceptors (Lipinski definition) is 3. The maximum Gasteiger partial charge on any atom is 0.115 e. The predicted octanol–water partition coefficient (Wildman–Crippen LogP) is 2.13. The molecular formula is C14H15NO2. The van der Waals surface area contributed by atoms with Crippen LogP contribution >= 0.6 is 0 Å². The first-order valence-corrected chi connectivity index (χ1v) is 5.46. The number of nitrogens with two attached hydrogens (primary N) is 1. The van der Waals surface area contributed by atoms with E-state index in [1.54, 1.807) is 24.3 Å². The first kappa shape index (κ1) is 11.6. The van der Waals surface area contributed by atoms with E-state index in [-0.39, 0.29) is 5.75 Å². The van der Waals surface area contributed by atoms with E-state index in [0.29, 0.717) is 0 Å². The van der Waals surface area contributed by atoms with Crippen LogP contribution in [0.5, 0.6) is 5.75 Å². The average Bonchev–Trinajstić information content (AvgIpc) is 2.39. The third-order valence-corrected chi connectivity index (χ3v) is 2.76. The van der Waals surface area contributed by atoms with E-state index in [0.717, 1.165) is 11.1 Å². The van der Waals surface area contributed by atoms with Crippen LogP contribution in [0.25, 0.3) is 0 Å².